The number of aliphatic hydroxyl groups excluding tert-OH is 1. The Balaban J connectivity index is 2.12. The largest absolute Gasteiger partial charge is 0.416 e. The molecule has 5 heteroatoms. The third kappa shape index (κ3) is 3.42. The van der Waals surface area contributed by atoms with Crippen LogP contribution in [-0.4, -0.2) is 16.7 Å². The van der Waals surface area contributed by atoms with Crippen LogP contribution in [0.1, 0.15) is 41.5 Å². The number of nitrogens with one attached hydrogen (secondary N) is 1. The van der Waals surface area contributed by atoms with Crippen molar-refractivity contribution in [2.45, 2.75) is 31.9 Å². The van der Waals surface area contributed by atoms with Crippen molar-refractivity contribution in [2.75, 3.05) is 6.61 Å². The summed E-state index contributed by atoms with van der Waals surface area (Å²) in [5.41, 5.74) is 2.98. The molecule has 0 aliphatic carbocycles. The molecule has 0 amide bonds. The number of alkyl halides is 3. The van der Waals surface area contributed by atoms with E-state index in [1.54, 1.807) is 6.07 Å². The van der Waals surface area contributed by atoms with E-state index in [0.717, 1.165) is 34.5 Å². The normalized spacial score (nSPS) is 13.3. The van der Waals surface area contributed by atoms with E-state index in [1.807, 2.05) is 24.4 Å². The number of halogens is 3. The van der Waals surface area contributed by atoms with Crippen LogP contribution in [0.3, 0.4) is 0 Å². The van der Waals surface area contributed by atoms with Crippen LogP contribution in [0.25, 0.3) is 10.9 Å². The summed E-state index contributed by atoms with van der Waals surface area (Å²) in [4.78, 5) is 3.26. The molecule has 2 N–H and O–H groups in total. The van der Waals surface area contributed by atoms with Crippen LogP contribution < -0.4 is 0 Å². The smallest absolute Gasteiger partial charge is 0.396 e. The maximum Gasteiger partial charge on any atom is 0.416 e. The van der Waals surface area contributed by atoms with Gasteiger partial charge in [-0.05, 0) is 35.6 Å². The first-order valence-electron chi connectivity index (χ1n) is 8.32. The number of para-hydroxylation sites is 1. The Hall–Kier alpha value is -2.27. The molecule has 0 bridgehead atoms. The van der Waals surface area contributed by atoms with E-state index < -0.39 is 11.7 Å². The van der Waals surface area contributed by atoms with Gasteiger partial charge in [0.1, 0.15) is 0 Å². The molecule has 0 radical (unpaired) electrons. The summed E-state index contributed by atoms with van der Waals surface area (Å²) in [6.45, 7) is 1.97. The second-order valence-electron chi connectivity index (χ2n) is 6.13. The SMILES string of the molecule is CCc1cccc2c(C(CCO)c3cccc(C(F)(F)F)c3)c[nH]c12. The summed E-state index contributed by atoms with van der Waals surface area (Å²) >= 11 is 0. The van der Waals surface area contributed by atoms with Crippen molar-refractivity contribution >= 4 is 10.9 Å². The van der Waals surface area contributed by atoms with Crippen LogP contribution in [0.15, 0.2) is 48.7 Å². The topological polar surface area (TPSA) is 36.0 Å². The van der Waals surface area contributed by atoms with E-state index in [-0.39, 0.29) is 12.5 Å². The zero-order valence-electron chi connectivity index (χ0n) is 13.9. The van der Waals surface area contributed by atoms with Gasteiger partial charge in [-0.3, -0.25) is 0 Å². The van der Waals surface area contributed by atoms with Gasteiger partial charge in [-0.25, -0.2) is 0 Å². The van der Waals surface area contributed by atoms with E-state index >= 15 is 0 Å². The second-order valence-corrected chi connectivity index (χ2v) is 6.13. The van der Waals surface area contributed by atoms with E-state index in [4.69, 9.17) is 0 Å². The van der Waals surface area contributed by atoms with Crippen molar-refractivity contribution < 1.29 is 18.3 Å². The molecule has 3 aromatic rings. The molecule has 1 unspecified atom stereocenters. The fourth-order valence-electron chi connectivity index (χ4n) is 3.38. The number of aryl methyl sites for hydroxylation is 1. The number of aliphatic hydroxyl groups is 1. The Morgan fingerprint density at radius 1 is 1.12 bits per heavy atom. The first-order chi connectivity index (χ1) is 12.0. The Kier molecular flexibility index (Phi) is 4.86. The third-order valence-electron chi connectivity index (χ3n) is 4.62. The molecule has 3 rings (SSSR count). The monoisotopic (exact) mass is 347 g/mol. The predicted molar refractivity (Wildman–Crippen MR) is 92.7 cm³/mol. The van der Waals surface area contributed by atoms with E-state index in [9.17, 15) is 18.3 Å². The lowest BCUT2D eigenvalue weighted by Crippen LogP contribution is -2.08. The summed E-state index contributed by atoms with van der Waals surface area (Å²) in [5.74, 6) is -0.298. The number of hydrogen-bond donors (Lipinski definition) is 2. The minimum atomic E-state index is -4.38. The number of fused-ring (bicyclic) bond motifs is 1. The molecular weight excluding hydrogens is 327 g/mol. The Bertz CT molecular complexity index is 867. The average molecular weight is 347 g/mol. The average Bonchev–Trinajstić information content (AvgIpc) is 3.03. The number of H-pyrrole nitrogens is 1. The molecule has 0 fully saturated rings. The van der Waals surface area contributed by atoms with Crippen LogP contribution in [0, 0.1) is 0 Å². The van der Waals surface area contributed by atoms with Crippen molar-refractivity contribution in [3.05, 3.63) is 70.9 Å². The van der Waals surface area contributed by atoms with Crippen molar-refractivity contribution in [3.63, 3.8) is 0 Å². The molecule has 0 aliphatic heterocycles. The maximum atomic E-state index is 13.1. The third-order valence-corrected chi connectivity index (χ3v) is 4.62. The number of aromatic amines is 1. The minimum Gasteiger partial charge on any atom is -0.396 e. The number of aromatic nitrogens is 1. The number of hydrogen-bond acceptors (Lipinski definition) is 1. The van der Waals surface area contributed by atoms with Crippen molar-refractivity contribution in [1.29, 1.82) is 0 Å². The first-order valence-corrected chi connectivity index (χ1v) is 8.32. The molecule has 25 heavy (non-hydrogen) atoms. The highest BCUT2D eigenvalue weighted by Gasteiger charge is 2.31. The molecular formula is C20H20F3NO. The molecule has 1 atom stereocenters. The summed E-state index contributed by atoms with van der Waals surface area (Å²) in [7, 11) is 0. The van der Waals surface area contributed by atoms with Gasteiger partial charge in [-0.15, -0.1) is 0 Å². The lowest BCUT2D eigenvalue weighted by molar-refractivity contribution is -0.137. The van der Waals surface area contributed by atoms with Gasteiger partial charge in [0.05, 0.1) is 5.56 Å². The van der Waals surface area contributed by atoms with Crippen LogP contribution in [-0.2, 0) is 12.6 Å². The lowest BCUT2D eigenvalue weighted by atomic mass is 9.87. The summed E-state index contributed by atoms with van der Waals surface area (Å²) < 4.78 is 39.2. The van der Waals surface area contributed by atoms with E-state index in [1.165, 1.54) is 12.1 Å². The van der Waals surface area contributed by atoms with Gasteiger partial charge in [-0.2, -0.15) is 13.2 Å². The van der Waals surface area contributed by atoms with E-state index in [0.29, 0.717) is 12.0 Å². The molecule has 0 saturated heterocycles. The van der Waals surface area contributed by atoms with Gasteiger partial charge < -0.3 is 10.1 Å². The molecule has 1 heterocycles. The highest BCUT2D eigenvalue weighted by Crippen LogP contribution is 2.37. The molecule has 0 aliphatic rings. The van der Waals surface area contributed by atoms with Gasteiger partial charge in [-0.1, -0.05) is 43.3 Å². The minimum absolute atomic E-state index is 0.0962. The standard InChI is InChI=1S/C20H20F3NO/c1-2-13-5-4-8-17-18(12-24-19(13)17)16(9-10-25)14-6-3-7-15(11-14)20(21,22)23/h3-8,11-12,16,24-25H,2,9-10H2,1H3. The number of benzene rings is 2. The second kappa shape index (κ2) is 6.92. The van der Waals surface area contributed by atoms with Crippen LogP contribution in [0.2, 0.25) is 0 Å². The fourth-order valence-corrected chi connectivity index (χ4v) is 3.38. The van der Waals surface area contributed by atoms with Gasteiger partial charge >= 0.3 is 6.18 Å². The number of rotatable bonds is 5. The Labute approximate surface area is 144 Å². The van der Waals surface area contributed by atoms with Crippen molar-refractivity contribution in [3.8, 4) is 0 Å². The Morgan fingerprint density at radius 2 is 1.88 bits per heavy atom. The predicted octanol–water partition coefficient (Wildman–Crippen LogP) is 5.26. The Morgan fingerprint density at radius 3 is 2.56 bits per heavy atom. The molecule has 2 nitrogen and oxygen atoms in total. The summed E-state index contributed by atoms with van der Waals surface area (Å²) in [6, 6.07) is 11.3. The fraction of sp³-hybridized carbons (Fsp3) is 0.300. The van der Waals surface area contributed by atoms with Crippen molar-refractivity contribution in [2.24, 2.45) is 0 Å². The summed E-state index contributed by atoms with van der Waals surface area (Å²) in [6.07, 6.45) is -1.30. The zero-order valence-corrected chi connectivity index (χ0v) is 13.9. The zero-order chi connectivity index (χ0) is 18.0. The summed E-state index contributed by atoms with van der Waals surface area (Å²) in [5, 5.41) is 10.5. The van der Waals surface area contributed by atoms with Crippen molar-refractivity contribution in [1.82, 2.24) is 4.98 Å². The lowest BCUT2D eigenvalue weighted by Gasteiger charge is -2.18. The molecule has 2 aromatic carbocycles. The first kappa shape index (κ1) is 17.5. The molecule has 0 saturated carbocycles. The highest BCUT2D eigenvalue weighted by atomic mass is 19.4. The van der Waals surface area contributed by atoms with Gasteiger partial charge in [0.2, 0.25) is 0 Å². The van der Waals surface area contributed by atoms with Gasteiger partial charge in [0.25, 0.3) is 0 Å². The quantitative estimate of drug-likeness (QED) is 0.648. The van der Waals surface area contributed by atoms with Gasteiger partial charge in [0, 0.05) is 29.6 Å². The van der Waals surface area contributed by atoms with Crippen LogP contribution in [0.4, 0.5) is 13.2 Å². The molecule has 132 valence electrons. The van der Waals surface area contributed by atoms with Gasteiger partial charge in [0.15, 0.2) is 0 Å². The molecule has 1 aromatic heterocycles. The van der Waals surface area contributed by atoms with Crippen LogP contribution in [0.5, 0.6) is 0 Å². The van der Waals surface area contributed by atoms with Crippen LogP contribution >= 0.6 is 0 Å². The van der Waals surface area contributed by atoms with E-state index in [2.05, 4.69) is 11.9 Å². The highest BCUT2D eigenvalue weighted by molar-refractivity contribution is 5.87. The maximum absolute atomic E-state index is 13.1. The molecule has 0 spiro atoms.